The van der Waals surface area contributed by atoms with Gasteiger partial charge >= 0.3 is 6.09 Å². The monoisotopic (exact) mass is 302 g/mol. The van der Waals surface area contributed by atoms with Crippen molar-refractivity contribution in [2.24, 2.45) is 7.05 Å². The number of rotatable bonds is 4. The Hall–Kier alpha value is -2.50. The molecule has 6 heteroatoms. The van der Waals surface area contributed by atoms with Crippen LogP contribution in [-0.2, 0) is 18.3 Å². The summed E-state index contributed by atoms with van der Waals surface area (Å²) in [6.45, 7) is 6.18. The van der Waals surface area contributed by atoms with E-state index in [1.54, 1.807) is 6.33 Å². The molecule has 0 spiro atoms. The molecule has 1 aromatic carbocycles. The second kappa shape index (κ2) is 6.51. The Morgan fingerprint density at radius 3 is 2.41 bits per heavy atom. The van der Waals surface area contributed by atoms with Gasteiger partial charge in [-0.15, -0.1) is 0 Å². The Bertz CT molecular complexity index is 626. The lowest BCUT2D eigenvalue weighted by Gasteiger charge is -2.19. The molecule has 2 rings (SSSR count). The van der Waals surface area contributed by atoms with Crippen LogP contribution in [0.5, 0.6) is 0 Å². The molecule has 0 fully saturated rings. The number of aromatic nitrogens is 2. The SMILES string of the molecule is Cn1cncc1CNc1ccc(NC(=O)OC(C)(C)C)cc1. The summed E-state index contributed by atoms with van der Waals surface area (Å²) in [5.74, 6) is 0. The number of imidazole rings is 1. The summed E-state index contributed by atoms with van der Waals surface area (Å²) in [4.78, 5) is 15.7. The molecule has 0 radical (unpaired) electrons. The maximum atomic E-state index is 11.7. The van der Waals surface area contributed by atoms with Crippen LogP contribution < -0.4 is 10.6 Å². The molecule has 22 heavy (non-hydrogen) atoms. The van der Waals surface area contributed by atoms with E-state index in [-0.39, 0.29) is 0 Å². The van der Waals surface area contributed by atoms with E-state index in [0.29, 0.717) is 12.2 Å². The Balaban J connectivity index is 1.87. The van der Waals surface area contributed by atoms with Crippen molar-refractivity contribution >= 4 is 17.5 Å². The van der Waals surface area contributed by atoms with Crippen molar-refractivity contribution in [2.75, 3.05) is 10.6 Å². The van der Waals surface area contributed by atoms with E-state index in [1.807, 2.05) is 62.8 Å². The molecule has 0 atom stereocenters. The third-order valence-corrected chi connectivity index (χ3v) is 2.92. The molecule has 1 amide bonds. The Kier molecular flexibility index (Phi) is 4.70. The molecule has 1 heterocycles. The van der Waals surface area contributed by atoms with Gasteiger partial charge in [-0.05, 0) is 45.0 Å². The van der Waals surface area contributed by atoms with Gasteiger partial charge in [0, 0.05) is 24.6 Å². The number of nitrogens with zero attached hydrogens (tertiary/aromatic N) is 2. The number of nitrogens with one attached hydrogen (secondary N) is 2. The lowest BCUT2D eigenvalue weighted by atomic mass is 10.2. The van der Waals surface area contributed by atoms with Gasteiger partial charge in [-0.25, -0.2) is 9.78 Å². The van der Waals surface area contributed by atoms with Crippen LogP contribution in [0.2, 0.25) is 0 Å². The average Bonchev–Trinajstić information content (AvgIpc) is 2.81. The van der Waals surface area contributed by atoms with Crippen molar-refractivity contribution in [2.45, 2.75) is 32.9 Å². The molecule has 0 aliphatic rings. The van der Waals surface area contributed by atoms with Crippen LogP contribution in [0.4, 0.5) is 16.2 Å². The fourth-order valence-corrected chi connectivity index (χ4v) is 1.84. The molecule has 0 unspecified atom stereocenters. The smallest absolute Gasteiger partial charge is 0.412 e. The summed E-state index contributed by atoms with van der Waals surface area (Å²) in [5.41, 5.74) is 2.25. The topological polar surface area (TPSA) is 68.2 Å². The van der Waals surface area contributed by atoms with Gasteiger partial charge in [0.05, 0.1) is 18.6 Å². The van der Waals surface area contributed by atoms with Crippen molar-refractivity contribution < 1.29 is 9.53 Å². The van der Waals surface area contributed by atoms with Crippen molar-refractivity contribution in [3.63, 3.8) is 0 Å². The number of aryl methyl sites for hydroxylation is 1. The second-order valence-corrected chi connectivity index (χ2v) is 6.05. The van der Waals surface area contributed by atoms with E-state index in [2.05, 4.69) is 15.6 Å². The first-order valence-corrected chi connectivity index (χ1v) is 7.12. The van der Waals surface area contributed by atoms with Gasteiger partial charge in [0.15, 0.2) is 0 Å². The maximum Gasteiger partial charge on any atom is 0.412 e. The average molecular weight is 302 g/mol. The molecule has 118 valence electrons. The van der Waals surface area contributed by atoms with Gasteiger partial charge < -0.3 is 14.6 Å². The summed E-state index contributed by atoms with van der Waals surface area (Å²) in [6.07, 6.45) is 3.14. The highest BCUT2D eigenvalue weighted by atomic mass is 16.6. The predicted octanol–water partition coefficient (Wildman–Crippen LogP) is 3.38. The van der Waals surface area contributed by atoms with Gasteiger partial charge in [0.2, 0.25) is 0 Å². The van der Waals surface area contributed by atoms with Crippen molar-refractivity contribution in [1.29, 1.82) is 0 Å². The fraction of sp³-hybridized carbons (Fsp3) is 0.375. The van der Waals surface area contributed by atoms with Crippen LogP contribution in [0, 0.1) is 0 Å². The number of carbonyl (C=O) groups is 1. The lowest BCUT2D eigenvalue weighted by Crippen LogP contribution is -2.27. The summed E-state index contributed by atoms with van der Waals surface area (Å²) < 4.78 is 7.17. The fourth-order valence-electron chi connectivity index (χ4n) is 1.84. The number of hydrogen-bond donors (Lipinski definition) is 2. The quantitative estimate of drug-likeness (QED) is 0.908. The number of benzene rings is 1. The highest BCUT2D eigenvalue weighted by Gasteiger charge is 2.15. The van der Waals surface area contributed by atoms with Crippen LogP contribution in [0.3, 0.4) is 0 Å². The zero-order valence-corrected chi connectivity index (χ0v) is 13.4. The van der Waals surface area contributed by atoms with Gasteiger partial charge in [-0.1, -0.05) is 0 Å². The van der Waals surface area contributed by atoms with E-state index < -0.39 is 11.7 Å². The van der Waals surface area contributed by atoms with E-state index in [1.165, 1.54) is 0 Å². The molecule has 0 aliphatic carbocycles. The minimum Gasteiger partial charge on any atom is -0.444 e. The normalized spacial score (nSPS) is 11.1. The molecule has 1 aromatic heterocycles. The third kappa shape index (κ3) is 4.80. The van der Waals surface area contributed by atoms with Crippen LogP contribution in [0.15, 0.2) is 36.8 Å². The molecular weight excluding hydrogens is 280 g/mol. The largest absolute Gasteiger partial charge is 0.444 e. The lowest BCUT2D eigenvalue weighted by molar-refractivity contribution is 0.0636. The molecule has 0 saturated carbocycles. The zero-order valence-electron chi connectivity index (χ0n) is 13.4. The molecule has 0 bridgehead atoms. The first kappa shape index (κ1) is 15.9. The first-order valence-electron chi connectivity index (χ1n) is 7.12. The number of amides is 1. The zero-order chi connectivity index (χ0) is 16.2. The highest BCUT2D eigenvalue weighted by Crippen LogP contribution is 2.16. The van der Waals surface area contributed by atoms with Gasteiger partial charge in [-0.3, -0.25) is 5.32 Å². The summed E-state index contributed by atoms with van der Waals surface area (Å²) in [6, 6.07) is 7.47. The van der Waals surface area contributed by atoms with Crippen LogP contribution in [-0.4, -0.2) is 21.2 Å². The molecule has 6 nitrogen and oxygen atoms in total. The molecule has 0 aliphatic heterocycles. The Labute approximate surface area is 130 Å². The third-order valence-electron chi connectivity index (χ3n) is 2.92. The number of ether oxygens (including phenoxy) is 1. The maximum absolute atomic E-state index is 11.7. The number of hydrogen-bond acceptors (Lipinski definition) is 4. The predicted molar refractivity (Wildman–Crippen MR) is 86.8 cm³/mol. The summed E-state index contributed by atoms with van der Waals surface area (Å²) in [5, 5.41) is 6.00. The van der Waals surface area contributed by atoms with Gasteiger partial charge in [0.25, 0.3) is 0 Å². The molecule has 2 aromatic rings. The van der Waals surface area contributed by atoms with Crippen molar-refractivity contribution in [1.82, 2.24) is 9.55 Å². The summed E-state index contributed by atoms with van der Waals surface area (Å²) in [7, 11) is 1.96. The van der Waals surface area contributed by atoms with Crippen LogP contribution >= 0.6 is 0 Å². The number of anilines is 2. The standard InChI is InChI=1S/C16H22N4O2/c1-16(2,3)22-15(21)19-13-7-5-12(6-8-13)18-10-14-9-17-11-20(14)4/h5-9,11,18H,10H2,1-4H3,(H,19,21). The molecule has 0 saturated heterocycles. The minimum atomic E-state index is -0.505. The van der Waals surface area contributed by atoms with Gasteiger partial charge in [-0.2, -0.15) is 0 Å². The van der Waals surface area contributed by atoms with Crippen molar-refractivity contribution in [3.05, 3.63) is 42.5 Å². The molecule has 2 N–H and O–H groups in total. The van der Waals surface area contributed by atoms with Crippen molar-refractivity contribution in [3.8, 4) is 0 Å². The Morgan fingerprint density at radius 1 is 1.23 bits per heavy atom. The minimum absolute atomic E-state index is 0.455. The first-order chi connectivity index (χ1) is 10.3. The van der Waals surface area contributed by atoms with Crippen LogP contribution in [0.25, 0.3) is 0 Å². The summed E-state index contributed by atoms with van der Waals surface area (Å²) >= 11 is 0. The van der Waals surface area contributed by atoms with Crippen LogP contribution in [0.1, 0.15) is 26.5 Å². The Morgan fingerprint density at radius 2 is 1.86 bits per heavy atom. The molecular formula is C16H22N4O2. The van der Waals surface area contributed by atoms with E-state index in [0.717, 1.165) is 11.4 Å². The second-order valence-electron chi connectivity index (χ2n) is 6.05. The van der Waals surface area contributed by atoms with E-state index in [9.17, 15) is 4.79 Å². The number of carbonyl (C=O) groups excluding carboxylic acids is 1. The highest BCUT2D eigenvalue weighted by molar-refractivity contribution is 5.85. The van der Waals surface area contributed by atoms with E-state index >= 15 is 0 Å². The van der Waals surface area contributed by atoms with Gasteiger partial charge in [0.1, 0.15) is 5.60 Å². The van der Waals surface area contributed by atoms with E-state index in [4.69, 9.17) is 4.74 Å².